The molecule has 3 aromatic rings. The number of amides is 2. The monoisotopic (exact) mass is 321 g/mol. The van der Waals surface area contributed by atoms with Crippen molar-refractivity contribution in [3.8, 4) is 0 Å². The lowest BCUT2D eigenvalue weighted by Gasteiger charge is -2.08. The maximum absolute atomic E-state index is 11.8. The summed E-state index contributed by atoms with van der Waals surface area (Å²) in [5.41, 5.74) is 3.33. The predicted octanol–water partition coefficient (Wildman–Crippen LogP) is 3.20. The summed E-state index contributed by atoms with van der Waals surface area (Å²) in [4.78, 5) is 26.3. The summed E-state index contributed by atoms with van der Waals surface area (Å²) in [5.74, 6) is 0. The van der Waals surface area contributed by atoms with Gasteiger partial charge in [0.05, 0.1) is 0 Å². The van der Waals surface area contributed by atoms with Crippen LogP contribution in [0.1, 0.15) is 11.1 Å². The molecule has 2 aromatic carbocycles. The average Bonchev–Trinajstić information content (AvgIpc) is 2.57. The third-order valence-electron chi connectivity index (χ3n) is 3.83. The Hall–Kier alpha value is -3.08. The molecule has 3 rings (SSSR count). The Labute approximate surface area is 139 Å². The maximum Gasteiger partial charge on any atom is 0.319 e. The molecule has 0 aliphatic carbocycles. The van der Waals surface area contributed by atoms with E-state index in [1.807, 2.05) is 54.6 Å². The van der Waals surface area contributed by atoms with Crippen LogP contribution in [0, 0.1) is 6.92 Å². The number of para-hydroxylation sites is 1. The van der Waals surface area contributed by atoms with Crippen LogP contribution >= 0.6 is 0 Å². The normalized spacial score (nSPS) is 10.5. The van der Waals surface area contributed by atoms with Crippen LogP contribution < -0.4 is 16.2 Å². The highest BCUT2D eigenvalue weighted by molar-refractivity contribution is 5.89. The minimum absolute atomic E-state index is 0.0606. The predicted molar refractivity (Wildman–Crippen MR) is 96.5 cm³/mol. The Kier molecular flexibility index (Phi) is 4.61. The van der Waals surface area contributed by atoms with E-state index in [9.17, 15) is 9.59 Å². The van der Waals surface area contributed by atoms with E-state index < -0.39 is 0 Å². The van der Waals surface area contributed by atoms with Gasteiger partial charge in [-0.15, -0.1) is 0 Å². The van der Waals surface area contributed by atoms with Gasteiger partial charge in [-0.25, -0.2) is 4.79 Å². The summed E-state index contributed by atoms with van der Waals surface area (Å²) in [6.07, 6.45) is 0.719. The molecule has 3 N–H and O–H groups in total. The van der Waals surface area contributed by atoms with E-state index in [0.717, 1.165) is 28.6 Å². The van der Waals surface area contributed by atoms with E-state index in [1.165, 1.54) is 0 Å². The standard InChI is InChI=1S/C19H19N3O2/c1-13-11-15-12-14(7-8-17(15)22-18(13)23)9-10-20-19(24)21-16-5-3-2-4-6-16/h2-8,11-12H,9-10H2,1H3,(H,22,23)(H2,20,21,24). The van der Waals surface area contributed by atoms with Crippen molar-refractivity contribution in [3.05, 3.63) is 76.1 Å². The Balaban J connectivity index is 1.58. The lowest BCUT2D eigenvalue weighted by atomic mass is 10.1. The van der Waals surface area contributed by atoms with Gasteiger partial charge >= 0.3 is 6.03 Å². The smallest absolute Gasteiger partial charge is 0.319 e. The lowest BCUT2D eigenvalue weighted by Crippen LogP contribution is -2.30. The highest BCUT2D eigenvalue weighted by Crippen LogP contribution is 2.14. The van der Waals surface area contributed by atoms with E-state index in [0.29, 0.717) is 12.1 Å². The Morgan fingerprint density at radius 2 is 1.88 bits per heavy atom. The van der Waals surface area contributed by atoms with Crippen LogP contribution in [0.25, 0.3) is 10.9 Å². The molecule has 1 aromatic heterocycles. The molecule has 0 spiro atoms. The zero-order chi connectivity index (χ0) is 16.9. The van der Waals surface area contributed by atoms with Gasteiger partial charge < -0.3 is 15.6 Å². The van der Waals surface area contributed by atoms with E-state index in [4.69, 9.17) is 0 Å². The number of hydrogen-bond acceptors (Lipinski definition) is 2. The number of urea groups is 1. The van der Waals surface area contributed by atoms with Crippen LogP contribution in [0.4, 0.5) is 10.5 Å². The molecule has 2 amide bonds. The van der Waals surface area contributed by atoms with Crippen molar-refractivity contribution in [2.75, 3.05) is 11.9 Å². The topological polar surface area (TPSA) is 74.0 Å². The van der Waals surface area contributed by atoms with Crippen molar-refractivity contribution in [1.29, 1.82) is 0 Å². The van der Waals surface area contributed by atoms with E-state index in [-0.39, 0.29) is 11.6 Å². The molecule has 0 saturated carbocycles. The van der Waals surface area contributed by atoms with Crippen LogP contribution in [0.3, 0.4) is 0 Å². The fourth-order valence-corrected chi connectivity index (χ4v) is 2.54. The number of rotatable bonds is 4. The van der Waals surface area contributed by atoms with Gasteiger partial charge in [-0.05, 0) is 54.6 Å². The highest BCUT2D eigenvalue weighted by atomic mass is 16.2. The number of aryl methyl sites for hydroxylation is 1. The van der Waals surface area contributed by atoms with Gasteiger partial charge in [-0.1, -0.05) is 24.3 Å². The van der Waals surface area contributed by atoms with Gasteiger partial charge in [0.1, 0.15) is 0 Å². The number of pyridine rings is 1. The first-order chi connectivity index (χ1) is 11.6. The van der Waals surface area contributed by atoms with Gasteiger partial charge in [0.2, 0.25) is 0 Å². The van der Waals surface area contributed by atoms with Crippen LogP contribution in [-0.4, -0.2) is 17.6 Å². The number of aromatic nitrogens is 1. The van der Waals surface area contributed by atoms with Crippen LogP contribution in [0.5, 0.6) is 0 Å². The quantitative estimate of drug-likeness (QED) is 0.690. The molecule has 5 nitrogen and oxygen atoms in total. The molecule has 0 bridgehead atoms. The molecular formula is C19H19N3O2. The summed E-state index contributed by atoms with van der Waals surface area (Å²) in [6, 6.07) is 16.9. The Morgan fingerprint density at radius 1 is 1.08 bits per heavy atom. The molecule has 5 heteroatoms. The van der Waals surface area contributed by atoms with Gasteiger partial charge in [-0.2, -0.15) is 0 Å². The number of benzene rings is 2. The van der Waals surface area contributed by atoms with Crippen molar-refractivity contribution >= 4 is 22.6 Å². The Bertz CT molecular complexity index is 917. The van der Waals surface area contributed by atoms with Crippen LogP contribution in [0.2, 0.25) is 0 Å². The number of nitrogens with one attached hydrogen (secondary N) is 3. The molecule has 1 heterocycles. The average molecular weight is 321 g/mol. The summed E-state index contributed by atoms with van der Waals surface area (Å²) in [7, 11) is 0. The van der Waals surface area contributed by atoms with Crippen LogP contribution in [0.15, 0.2) is 59.4 Å². The highest BCUT2D eigenvalue weighted by Gasteiger charge is 2.03. The summed E-state index contributed by atoms with van der Waals surface area (Å²) in [5, 5.41) is 6.62. The van der Waals surface area contributed by atoms with Crippen molar-refractivity contribution < 1.29 is 4.79 Å². The molecule has 0 saturated heterocycles. The first-order valence-electron chi connectivity index (χ1n) is 7.84. The summed E-state index contributed by atoms with van der Waals surface area (Å²) < 4.78 is 0. The zero-order valence-electron chi connectivity index (χ0n) is 13.4. The molecule has 0 aliphatic heterocycles. The Morgan fingerprint density at radius 3 is 2.67 bits per heavy atom. The summed E-state index contributed by atoms with van der Waals surface area (Å²) in [6.45, 7) is 2.33. The van der Waals surface area contributed by atoms with Crippen LogP contribution in [-0.2, 0) is 6.42 Å². The second-order valence-electron chi connectivity index (χ2n) is 5.70. The molecular weight excluding hydrogens is 302 g/mol. The molecule has 0 fully saturated rings. The fraction of sp³-hybridized carbons (Fsp3) is 0.158. The largest absolute Gasteiger partial charge is 0.338 e. The molecule has 24 heavy (non-hydrogen) atoms. The third kappa shape index (κ3) is 3.81. The van der Waals surface area contributed by atoms with E-state index >= 15 is 0 Å². The molecule has 122 valence electrons. The van der Waals surface area contributed by atoms with Gasteiger partial charge in [-0.3, -0.25) is 4.79 Å². The number of fused-ring (bicyclic) bond motifs is 1. The summed E-state index contributed by atoms with van der Waals surface area (Å²) >= 11 is 0. The fourth-order valence-electron chi connectivity index (χ4n) is 2.54. The molecule has 0 unspecified atom stereocenters. The number of H-pyrrole nitrogens is 1. The van der Waals surface area contributed by atoms with Gasteiger partial charge in [0, 0.05) is 23.3 Å². The van der Waals surface area contributed by atoms with E-state index in [2.05, 4.69) is 15.6 Å². The third-order valence-corrected chi connectivity index (χ3v) is 3.83. The SMILES string of the molecule is Cc1cc2cc(CCNC(=O)Nc3ccccc3)ccc2[nH]c1=O. The van der Waals surface area contributed by atoms with E-state index in [1.54, 1.807) is 6.92 Å². The molecule has 0 radical (unpaired) electrons. The number of hydrogen-bond donors (Lipinski definition) is 3. The van der Waals surface area contributed by atoms with Crippen molar-refractivity contribution in [1.82, 2.24) is 10.3 Å². The van der Waals surface area contributed by atoms with Gasteiger partial charge in [0.15, 0.2) is 0 Å². The first-order valence-corrected chi connectivity index (χ1v) is 7.84. The number of carbonyl (C=O) groups excluding carboxylic acids is 1. The number of aromatic amines is 1. The molecule has 0 aliphatic rings. The number of carbonyl (C=O) groups is 1. The molecule has 0 atom stereocenters. The zero-order valence-corrected chi connectivity index (χ0v) is 13.4. The number of anilines is 1. The first kappa shape index (κ1) is 15.8. The minimum Gasteiger partial charge on any atom is -0.338 e. The maximum atomic E-state index is 11.8. The second kappa shape index (κ2) is 7.00. The van der Waals surface area contributed by atoms with Crippen molar-refractivity contribution in [2.45, 2.75) is 13.3 Å². The van der Waals surface area contributed by atoms with Crippen molar-refractivity contribution in [2.24, 2.45) is 0 Å². The van der Waals surface area contributed by atoms with Gasteiger partial charge in [0.25, 0.3) is 5.56 Å². The minimum atomic E-state index is -0.220. The lowest BCUT2D eigenvalue weighted by molar-refractivity contribution is 0.252. The van der Waals surface area contributed by atoms with Crippen molar-refractivity contribution in [3.63, 3.8) is 0 Å². The second-order valence-corrected chi connectivity index (χ2v) is 5.70.